The fourth-order valence-corrected chi connectivity index (χ4v) is 2.35. The van der Waals surface area contributed by atoms with Crippen LogP contribution in [-0.4, -0.2) is 24.1 Å². The van der Waals surface area contributed by atoms with E-state index in [0.29, 0.717) is 13.0 Å². The molecule has 1 saturated heterocycles. The van der Waals surface area contributed by atoms with Crippen molar-refractivity contribution >= 4 is 10.8 Å². The number of hydrogen-bond donors (Lipinski definition) is 0. The molecule has 0 aliphatic carbocycles. The Bertz CT molecular complexity index is 614. The van der Waals surface area contributed by atoms with Gasteiger partial charge >= 0.3 is 0 Å². The van der Waals surface area contributed by atoms with Crippen molar-refractivity contribution in [3.63, 3.8) is 0 Å². The van der Waals surface area contributed by atoms with E-state index in [1.54, 1.807) is 4.57 Å². The molecule has 0 bridgehead atoms. The molecule has 1 aromatic heterocycles. The minimum absolute atomic E-state index is 0.0499. The molecule has 0 saturated carbocycles. The molecule has 3 rings (SSSR count). The lowest BCUT2D eigenvalue weighted by molar-refractivity contribution is -0.182. The van der Waals surface area contributed by atoms with E-state index in [4.69, 9.17) is 9.47 Å². The summed E-state index contributed by atoms with van der Waals surface area (Å²) >= 11 is 0. The molecule has 1 aliphatic rings. The molecule has 0 radical (unpaired) electrons. The molecule has 0 unspecified atom stereocenters. The number of fused-ring (bicyclic) bond motifs is 1. The molecule has 100 valence electrons. The first kappa shape index (κ1) is 12.4. The van der Waals surface area contributed by atoms with Crippen molar-refractivity contribution < 1.29 is 9.47 Å². The maximum absolute atomic E-state index is 12.3. The highest BCUT2D eigenvalue weighted by atomic mass is 16.7. The summed E-state index contributed by atoms with van der Waals surface area (Å²) in [4.78, 5) is 12.3. The van der Waals surface area contributed by atoms with Crippen LogP contribution >= 0.6 is 0 Å². The van der Waals surface area contributed by atoms with Gasteiger partial charge in [0.2, 0.25) is 0 Å². The van der Waals surface area contributed by atoms with Gasteiger partial charge in [0, 0.05) is 24.5 Å². The van der Waals surface area contributed by atoms with Gasteiger partial charge in [-0.2, -0.15) is 0 Å². The molecule has 0 spiro atoms. The maximum atomic E-state index is 12.3. The van der Waals surface area contributed by atoms with E-state index in [-0.39, 0.29) is 11.8 Å². The molecule has 1 fully saturated rings. The zero-order valence-corrected chi connectivity index (χ0v) is 10.7. The third-order valence-electron chi connectivity index (χ3n) is 3.39. The summed E-state index contributed by atoms with van der Waals surface area (Å²) in [6.45, 7) is 2.11. The summed E-state index contributed by atoms with van der Waals surface area (Å²) < 4.78 is 12.7. The van der Waals surface area contributed by atoms with Crippen LogP contribution in [0, 0.1) is 0 Å². The first-order chi connectivity index (χ1) is 9.34. The lowest BCUT2D eigenvalue weighted by Crippen LogP contribution is -2.28. The molecular formula is C15H17NO3. The highest BCUT2D eigenvalue weighted by Gasteiger charge is 2.14. The number of aromatic nitrogens is 1. The number of hydrogen-bond acceptors (Lipinski definition) is 3. The van der Waals surface area contributed by atoms with Gasteiger partial charge < -0.3 is 14.0 Å². The standard InChI is InChI=1S/C15H17NO3/c17-15-13-5-2-1-4-12(13)6-8-16(15)9-7-14-18-10-3-11-19-14/h1-2,4-6,8,14H,3,7,9-11H2. The largest absolute Gasteiger partial charge is 0.353 e. The van der Waals surface area contributed by atoms with Crippen molar-refractivity contribution in [2.75, 3.05) is 13.2 Å². The van der Waals surface area contributed by atoms with Crippen LogP contribution < -0.4 is 5.56 Å². The average molecular weight is 259 g/mol. The number of pyridine rings is 1. The topological polar surface area (TPSA) is 40.5 Å². The molecule has 19 heavy (non-hydrogen) atoms. The Hall–Kier alpha value is -1.65. The highest BCUT2D eigenvalue weighted by Crippen LogP contribution is 2.11. The van der Waals surface area contributed by atoms with Crippen molar-refractivity contribution in [1.82, 2.24) is 4.57 Å². The SMILES string of the molecule is O=c1c2ccccc2ccn1CCC1OCCCO1. The smallest absolute Gasteiger partial charge is 0.258 e. The Morgan fingerprint density at radius 2 is 1.95 bits per heavy atom. The fraction of sp³-hybridized carbons (Fsp3) is 0.400. The van der Waals surface area contributed by atoms with Crippen molar-refractivity contribution in [3.05, 3.63) is 46.9 Å². The van der Waals surface area contributed by atoms with Crippen LogP contribution in [0.4, 0.5) is 0 Å². The summed E-state index contributed by atoms with van der Waals surface area (Å²) in [5.41, 5.74) is 0.0499. The predicted octanol–water partition coefficient (Wildman–Crippen LogP) is 2.15. The molecular weight excluding hydrogens is 242 g/mol. The number of ether oxygens (including phenoxy) is 2. The Balaban J connectivity index is 1.77. The Kier molecular flexibility index (Phi) is 3.62. The van der Waals surface area contributed by atoms with Crippen molar-refractivity contribution in [1.29, 1.82) is 0 Å². The lowest BCUT2D eigenvalue weighted by atomic mass is 10.2. The van der Waals surface area contributed by atoms with E-state index in [2.05, 4.69) is 0 Å². The van der Waals surface area contributed by atoms with Gasteiger partial charge in [0.25, 0.3) is 5.56 Å². The second-order valence-corrected chi connectivity index (χ2v) is 4.71. The fourth-order valence-electron chi connectivity index (χ4n) is 2.35. The maximum Gasteiger partial charge on any atom is 0.258 e. The Morgan fingerprint density at radius 3 is 2.79 bits per heavy atom. The molecule has 0 atom stereocenters. The molecule has 0 N–H and O–H groups in total. The lowest BCUT2D eigenvalue weighted by Gasteiger charge is -2.23. The van der Waals surface area contributed by atoms with E-state index in [1.807, 2.05) is 36.5 Å². The molecule has 0 amide bonds. The van der Waals surface area contributed by atoms with E-state index < -0.39 is 0 Å². The normalized spacial score (nSPS) is 16.8. The zero-order chi connectivity index (χ0) is 13.1. The van der Waals surface area contributed by atoms with E-state index in [1.165, 1.54) is 0 Å². The first-order valence-corrected chi connectivity index (χ1v) is 6.66. The number of aryl methyl sites for hydroxylation is 1. The third-order valence-corrected chi connectivity index (χ3v) is 3.39. The molecule has 1 aliphatic heterocycles. The van der Waals surface area contributed by atoms with E-state index >= 15 is 0 Å². The number of rotatable bonds is 3. The Morgan fingerprint density at radius 1 is 1.16 bits per heavy atom. The summed E-state index contributed by atoms with van der Waals surface area (Å²) in [5, 5.41) is 1.74. The molecule has 2 aromatic rings. The van der Waals surface area contributed by atoms with Gasteiger partial charge in [-0.3, -0.25) is 4.79 Å². The quantitative estimate of drug-likeness (QED) is 0.848. The summed E-state index contributed by atoms with van der Waals surface area (Å²) in [7, 11) is 0. The third kappa shape index (κ3) is 2.69. The highest BCUT2D eigenvalue weighted by molar-refractivity contribution is 5.81. The van der Waals surface area contributed by atoms with Gasteiger partial charge in [-0.1, -0.05) is 18.2 Å². The van der Waals surface area contributed by atoms with Crippen molar-refractivity contribution in [2.24, 2.45) is 0 Å². The second kappa shape index (κ2) is 5.55. The summed E-state index contributed by atoms with van der Waals surface area (Å²) in [6.07, 6.45) is 3.32. The van der Waals surface area contributed by atoms with Crippen LogP contribution in [0.5, 0.6) is 0 Å². The number of benzene rings is 1. The minimum Gasteiger partial charge on any atom is -0.353 e. The molecule has 4 heteroatoms. The van der Waals surface area contributed by atoms with E-state index in [9.17, 15) is 4.79 Å². The van der Waals surface area contributed by atoms with Crippen LogP contribution in [0.2, 0.25) is 0 Å². The van der Waals surface area contributed by atoms with Crippen LogP contribution in [0.15, 0.2) is 41.3 Å². The second-order valence-electron chi connectivity index (χ2n) is 4.71. The predicted molar refractivity (Wildman–Crippen MR) is 73.1 cm³/mol. The molecule has 2 heterocycles. The van der Waals surface area contributed by atoms with Gasteiger partial charge in [0.05, 0.1) is 13.2 Å². The zero-order valence-electron chi connectivity index (χ0n) is 10.7. The number of nitrogens with zero attached hydrogens (tertiary/aromatic N) is 1. The van der Waals surface area contributed by atoms with E-state index in [0.717, 1.165) is 30.4 Å². The van der Waals surface area contributed by atoms with Crippen molar-refractivity contribution in [3.8, 4) is 0 Å². The van der Waals surface area contributed by atoms with Crippen LogP contribution in [-0.2, 0) is 16.0 Å². The van der Waals surface area contributed by atoms with Gasteiger partial charge in [0.1, 0.15) is 0 Å². The summed E-state index contributed by atoms with van der Waals surface area (Å²) in [5.74, 6) is 0. The van der Waals surface area contributed by atoms with Gasteiger partial charge in [-0.05, 0) is 23.9 Å². The van der Waals surface area contributed by atoms with Gasteiger partial charge in [0.15, 0.2) is 6.29 Å². The van der Waals surface area contributed by atoms with Crippen LogP contribution in [0.3, 0.4) is 0 Å². The average Bonchev–Trinajstić information content (AvgIpc) is 2.48. The summed E-state index contributed by atoms with van der Waals surface area (Å²) in [6, 6.07) is 9.62. The van der Waals surface area contributed by atoms with Crippen LogP contribution in [0.25, 0.3) is 10.8 Å². The first-order valence-electron chi connectivity index (χ1n) is 6.66. The monoisotopic (exact) mass is 259 g/mol. The molecule has 4 nitrogen and oxygen atoms in total. The van der Waals surface area contributed by atoms with Crippen LogP contribution in [0.1, 0.15) is 12.8 Å². The van der Waals surface area contributed by atoms with Crippen molar-refractivity contribution in [2.45, 2.75) is 25.7 Å². The molecule has 1 aromatic carbocycles. The van der Waals surface area contributed by atoms with Gasteiger partial charge in [-0.15, -0.1) is 0 Å². The Labute approximate surface area is 111 Å². The van der Waals surface area contributed by atoms with Gasteiger partial charge in [-0.25, -0.2) is 0 Å². The minimum atomic E-state index is -0.174.